The van der Waals surface area contributed by atoms with Crippen LogP contribution in [0.4, 0.5) is 0 Å². The predicted octanol–water partition coefficient (Wildman–Crippen LogP) is 9.37. The second-order valence-electron chi connectivity index (χ2n) is 13.4. The Bertz CT molecular complexity index is 1160. The first kappa shape index (κ1) is 36.1. The molecule has 242 valence electrons. The molecule has 1 heterocycles. The van der Waals surface area contributed by atoms with E-state index in [1.807, 2.05) is 19.1 Å². The lowest BCUT2D eigenvalue weighted by atomic mass is 9.86. The maximum Gasteiger partial charge on any atom is 0.336 e. The highest BCUT2D eigenvalue weighted by Crippen LogP contribution is 2.40. The summed E-state index contributed by atoms with van der Waals surface area (Å²) in [5, 5.41) is 46.3. The number of fused-ring (bicyclic) bond motifs is 1. The molecule has 0 aromatic heterocycles. The van der Waals surface area contributed by atoms with E-state index in [9.17, 15) is 20.1 Å². The monoisotopic (exact) mass is 600 g/mol. The fourth-order valence-electron chi connectivity index (χ4n) is 5.93. The fourth-order valence-corrected chi connectivity index (χ4v) is 5.93. The number of carboxylic acids is 1. The van der Waals surface area contributed by atoms with Gasteiger partial charge < -0.3 is 30.3 Å². The molecule has 0 fully saturated rings. The zero-order chi connectivity index (χ0) is 32.2. The van der Waals surface area contributed by atoms with Crippen LogP contribution in [0.1, 0.15) is 134 Å². The van der Waals surface area contributed by atoms with Gasteiger partial charge in [-0.05, 0) is 86.6 Å². The van der Waals surface area contributed by atoms with Gasteiger partial charge in [0.15, 0.2) is 11.5 Å². The molecule has 7 heteroatoms. The summed E-state index contributed by atoms with van der Waals surface area (Å²) < 4.78 is 6.31. The van der Waals surface area contributed by atoms with Gasteiger partial charge in [0.25, 0.3) is 0 Å². The van der Waals surface area contributed by atoms with Crippen molar-refractivity contribution in [3.63, 3.8) is 0 Å². The van der Waals surface area contributed by atoms with E-state index < -0.39 is 23.2 Å². The summed E-state index contributed by atoms with van der Waals surface area (Å²) in [6.45, 7) is 13.6. The van der Waals surface area contributed by atoms with Crippen LogP contribution >= 0.6 is 0 Å². The number of phenolic OH excluding ortho intramolecular Hbond substituents is 4. The van der Waals surface area contributed by atoms with Crippen LogP contribution in [0.15, 0.2) is 24.3 Å². The van der Waals surface area contributed by atoms with Crippen LogP contribution in [0.3, 0.4) is 0 Å². The lowest BCUT2D eigenvalue weighted by Gasteiger charge is -2.36. The molecule has 0 bridgehead atoms. The van der Waals surface area contributed by atoms with E-state index in [2.05, 4.69) is 34.6 Å². The minimum atomic E-state index is -1.25. The Hall–Kier alpha value is -3.09. The predicted molar refractivity (Wildman–Crippen MR) is 173 cm³/mol. The number of rotatable bonds is 15. The van der Waals surface area contributed by atoms with Crippen LogP contribution in [0.5, 0.6) is 28.7 Å². The van der Waals surface area contributed by atoms with Crippen LogP contribution in [-0.4, -0.2) is 37.1 Å². The van der Waals surface area contributed by atoms with Gasteiger partial charge >= 0.3 is 5.97 Å². The summed E-state index contributed by atoms with van der Waals surface area (Å²) >= 11 is 0. The molecule has 5 N–H and O–H groups in total. The fraction of sp³-hybridized carbons (Fsp3) is 0.639. The van der Waals surface area contributed by atoms with Gasteiger partial charge in [0.2, 0.25) is 5.75 Å². The summed E-state index contributed by atoms with van der Waals surface area (Å²) in [6.07, 6.45) is 15.0. The van der Waals surface area contributed by atoms with Gasteiger partial charge in [-0.3, -0.25) is 0 Å². The molecule has 43 heavy (non-hydrogen) atoms. The van der Waals surface area contributed by atoms with Crippen molar-refractivity contribution in [2.45, 2.75) is 131 Å². The average Bonchev–Trinajstić information content (AvgIpc) is 2.93. The molecule has 2 aromatic rings. The van der Waals surface area contributed by atoms with E-state index in [4.69, 9.17) is 14.9 Å². The molecule has 1 aliphatic heterocycles. The highest BCUT2D eigenvalue weighted by Gasteiger charge is 2.31. The standard InChI is InChI=1S/C26H44O2.C10H12O5/c1-20(2)9-6-10-21(3)11-7-12-22(4)13-8-17-26(5)18-16-23-19-24(27)14-15-25(23)28-26;1-2-3-5-6(10(14)15)4-7(11)9(13)8(5)12/h14-15,19-22,27H,6-13,16-18H2,1-5H3;4,11-13H,2-3H2,1H3,(H,14,15)/t21?,22?,26-;/m1./s1. The second kappa shape index (κ2) is 17.3. The van der Waals surface area contributed by atoms with Crippen LogP contribution in [0.2, 0.25) is 0 Å². The molecule has 3 atom stereocenters. The molecule has 0 radical (unpaired) electrons. The number of carboxylic acid groups (broad SMARTS) is 1. The molecule has 2 unspecified atom stereocenters. The molecule has 0 aliphatic carbocycles. The molecule has 0 spiro atoms. The number of benzene rings is 2. The molecule has 2 aromatic carbocycles. The maximum absolute atomic E-state index is 10.8. The molecular formula is C36H56O7. The first-order valence-corrected chi connectivity index (χ1v) is 16.3. The summed E-state index contributed by atoms with van der Waals surface area (Å²) in [5.74, 6) is 0.744. The number of hydrogen-bond acceptors (Lipinski definition) is 6. The van der Waals surface area contributed by atoms with E-state index in [1.54, 1.807) is 6.07 Å². The van der Waals surface area contributed by atoms with Gasteiger partial charge in [-0.1, -0.05) is 86.0 Å². The molecule has 0 saturated heterocycles. The summed E-state index contributed by atoms with van der Waals surface area (Å²) in [7, 11) is 0. The largest absolute Gasteiger partial charge is 0.508 e. The van der Waals surface area contributed by atoms with Crippen molar-refractivity contribution in [1.82, 2.24) is 0 Å². The molecule has 7 nitrogen and oxygen atoms in total. The van der Waals surface area contributed by atoms with Gasteiger partial charge in [0.1, 0.15) is 17.1 Å². The number of aryl methyl sites for hydroxylation is 1. The van der Waals surface area contributed by atoms with Gasteiger partial charge in [-0.25, -0.2) is 4.79 Å². The van der Waals surface area contributed by atoms with E-state index in [1.165, 1.54) is 51.4 Å². The minimum Gasteiger partial charge on any atom is -0.508 e. The topological polar surface area (TPSA) is 127 Å². The van der Waals surface area contributed by atoms with Crippen molar-refractivity contribution in [3.05, 3.63) is 41.0 Å². The molecule has 1 aliphatic rings. The first-order chi connectivity index (χ1) is 20.3. The van der Waals surface area contributed by atoms with Crippen molar-refractivity contribution < 1.29 is 35.1 Å². The van der Waals surface area contributed by atoms with E-state index >= 15 is 0 Å². The van der Waals surface area contributed by atoms with Gasteiger partial charge in [0.05, 0.1) is 5.56 Å². The third kappa shape index (κ3) is 11.8. The van der Waals surface area contributed by atoms with Crippen molar-refractivity contribution >= 4 is 5.97 Å². The normalized spacial score (nSPS) is 17.4. The van der Waals surface area contributed by atoms with E-state index in [0.717, 1.165) is 54.4 Å². The second-order valence-corrected chi connectivity index (χ2v) is 13.4. The lowest BCUT2D eigenvalue weighted by Crippen LogP contribution is -2.36. The van der Waals surface area contributed by atoms with Gasteiger partial charge in [-0.15, -0.1) is 0 Å². The third-order valence-corrected chi connectivity index (χ3v) is 8.69. The minimum absolute atomic E-state index is 0.0470. The summed E-state index contributed by atoms with van der Waals surface area (Å²) in [4.78, 5) is 10.8. The van der Waals surface area contributed by atoms with Crippen LogP contribution in [0, 0.1) is 17.8 Å². The molecule has 3 rings (SSSR count). The zero-order valence-electron chi connectivity index (χ0n) is 27.3. The van der Waals surface area contributed by atoms with Crippen LogP contribution < -0.4 is 4.74 Å². The summed E-state index contributed by atoms with van der Waals surface area (Å²) in [5.41, 5.74) is 1.05. The van der Waals surface area contributed by atoms with E-state index in [-0.39, 0.29) is 16.7 Å². The summed E-state index contributed by atoms with van der Waals surface area (Å²) in [6, 6.07) is 6.44. The van der Waals surface area contributed by atoms with Crippen LogP contribution in [0.25, 0.3) is 0 Å². The smallest absolute Gasteiger partial charge is 0.336 e. The van der Waals surface area contributed by atoms with Gasteiger partial charge in [-0.2, -0.15) is 0 Å². The van der Waals surface area contributed by atoms with Crippen molar-refractivity contribution in [2.24, 2.45) is 17.8 Å². The van der Waals surface area contributed by atoms with Crippen LogP contribution in [-0.2, 0) is 12.8 Å². The zero-order valence-corrected chi connectivity index (χ0v) is 27.3. The molecular weight excluding hydrogens is 544 g/mol. The van der Waals surface area contributed by atoms with Gasteiger partial charge in [0, 0.05) is 5.56 Å². The Morgan fingerprint density at radius 2 is 1.49 bits per heavy atom. The Balaban J connectivity index is 0.000000362. The number of aromatic hydroxyl groups is 4. The average molecular weight is 601 g/mol. The Labute approximate surface area is 258 Å². The lowest BCUT2D eigenvalue weighted by molar-refractivity contribution is 0.0523. The number of hydrogen-bond donors (Lipinski definition) is 5. The van der Waals surface area contributed by atoms with Crippen molar-refractivity contribution in [1.29, 1.82) is 0 Å². The number of phenols is 4. The SMILES string of the molecule is CC(C)CCCC(C)CCCC(C)CCC[C@]1(C)CCc2cc(O)ccc2O1.CCCc1c(C(=O)O)cc(O)c(O)c1O. The number of aromatic carboxylic acids is 1. The Kier molecular flexibility index (Phi) is 14.5. The number of carbonyl (C=O) groups is 1. The highest BCUT2D eigenvalue weighted by molar-refractivity contribution is 5.91. The maximum atomic E-state index is 10.8. The van der Waals surface area contributed by atoms with E-state index in [0.29, 0.717) is 18.6 Å². The van der Waals surface area contributed by atoms with Crippen molar-refractivity contribution in [2.75, 3.05) is 0 Å². The quantitative estimate of drug-likeness (QED) is 0.129. The molecule has 0 amide bonds. The molecule has 0 saturated carbocycles. The third-order valence-electron chi connectivity index (χ3n) is 8.69. The Morgan fingerprint density at radius 1 is 0.884 bits per heavy atom. The van der Waals surface area contributed by atoms with Crippen molar-refractivity contribution in [3.8, 4) is 28.7 Å². The first-order valence-electron chi connectivity index (χ1n) is 16.3. The number of ether oxygens (including phenoxy) is 1. The Morgan fingerprint density at radius 3 is 2.07 bits per heavy atom. The highest BCUT2D eigenvalue weighted by atomic mass is 16.5.